The number of aryl methyl sites for hydroxylation is 1. The third-order valence-electron chi connectivity index (χ3n) is 7.93. The Hall–Kier alpha value is -3.36. The van der Waals surface area contributed by atoms with Gasteiger partial charge < -0.3 is 25.5 Å². The summed E-state index contributed by atoms with van der Waals surface area (Å²) in [5, 5.41) is 24.7. The Morgan fingerprint density at radius 3 is 2.61 bits per heavy atom. The van der Waals surface area contributed by atoms with Gasteiger partial charge in [0.05, 0.1) is 6.10 Å². The zero-order chi connectivity index (χ0) is 26.0. The SMILES string of the molecule is Cc1cnc(NC(=O)[C@@H]2C[C@H](O)CN2c2nc(Nc3cc(C4CC4)[nH]n3)nc(N3CC4CC3CN4C)n2)s1. The Labute approximate surface area is 223 Å². The first kappa shape index (κ1) is 23.7. The molecular formula is C24H31N11O2S. The molecule has 38 heavy (non-hydrogen) atoms. The van der Waals surface area contributed by atoms with E-state index in [1.54, 1.807) is 11.1 Å². The standard InChI is InChI=1S/C24H31N11O2S/c1-12-8-25-24(38-12)27-20(37)18-6-16(36)11-35(18)23-29-21(26-19-7-17(31-32-19)13-3-4-13)28-22(30-23)34-10-14-5-15(34)9-33(14)2/h7-8,13-16,18,36H,3-6,9-11H2,1-2H3,(H,25,27,37)(H2,26,28,29,30,31,32)/t14?,15?,16-,18-/m0/s1. The number of thiazole rings is 1. The van der Waals surface area contributed by atoms with Crippen LogP contribution in [0.1, 0.15) is 42.2 Å². The molecule has 1 saturated carbocycles. The second-order valence-electron chi connectivity index (χ2n) is 10.8. The molecular weight excluding hydrogens is 506 g/mol. The molecule has 0 spiro atoms. The summed E-state index contributed by atoms with van der Waals surface area (Å²) >= 11 is 1.42. The number of hydrogen-bond acceptors (Lipinski definition) is 12. The monoisotopic (exact) mass is 537 g/mol. The highest BCUT2D eigenvalue weighted by Gasteiger charge is 2.44. The second-order valence-corrected chi connectivity index (χ2v) is 12.1. The first-order valence-corrected chi connectivity index (χ1v) is 13.9. The molecule has 13 nitrogen and oxygen atoms in total. The summed E-state index contributed by atoms with van der Waals surface area (Å²) in [6.07, 6.45) is 4.75. The zero-order valence-corrected chi connectivity index (χ0v) is 22.1. The van der Waals surface area contributed by atoms with Gasteiger partial charge in [0.1, 0.15) is 6.04 Å². The van der Waals surface area contributed by atoms with Crippen molar-refractivity contribution in [3.05, 3.63) is 22.8 Å². The molecule has 2 bridgehead atoms. The van der Waals surface area contributed by atoms with Gasteiger partial charge in [-0.2, -0.15) is 20.1 Å². The van der Waals surface area contributed by atoms with E-state index in [4.69, 9.17) is 15.0 Å². The highest BCUT2D eigenvalue weighted by Crippen LogP contribution is 2.40. The van der Waals surface area contributed by atoms with E-state index in [1.807, 2.05) is 13.0 Å². The van der Waals surface area contributed by atoms with E-state index >= 15 is 0 Å². The summed E-state index contributed by atoms with van der Waals surface area (Å²) in [5.74, 6) is 2.26. The van der Waals surface area contributed by atoms with Gasteiger partial charge in [-0.05, 0) is 33.2 Å². The summed E-state index contributed by atoms with van der Waals surface area (Å²) in [4.78, 5) is 39.2. The van der Waals surface area contributed by atoms with Gasteiger partial charge in [0.15, 0.2) is 10.9 Å². The maximum Gasteiger partial charge on any atom is 0.249 e. The number of anilines is 5. The summed E-state index contributed by atoms with van der Waals surface area (Å²) in [7, 11) is 2.15. The van der Waals surface area contributed by atoms with E-state index in [2.05, 4.69) is 42.7 Å². The molecule has 14 heteroatoms. The van der Waals surface area contributed by atoms with Gasteiger partial charge in [-0.25, -0.2) is 4.98 Å². The van der Waals surface area contributed by atoms with Crippen LogP contribution in [0.15, 0.2) is 12.3 Å². The first-order chi connectivity index (χ1) is 18.4. The van der Waals surface area contributed by atoms with Crippen LogP contribution in [0, 0.1) is 6.92 Å². The van der Waals surface area contributed by atoms with E-state index in [0.717, 1.165) is 30.1 Å². The third-order valence-corrected chi connectivity index (χ3v) is 8.76. The quantitative estimate of drug-likeness (QED) is 0.347. The number of aliphatic hydroxyl groups excluding tert-OH is 1. The smallest absolute Gasteiger partial charge is 0.249 e. The molecule has 3 aromatic rings. The van der Waals surface area contributed by atoms with Crippen molar-refractivity contribution < 1.29 is 9.90 Å². The number of nitrogens with zero attached hydrogens (tertiary/aromatic N) is 8. The van der Waals surface area contributed by atoms with Crippen molar-refractivity contribution in [2.45, 2.75) is 62.8 Å². The Morgan fingerprint density at radius 1 is 1.11 bits per heavy atom. The summed E-state index contributed by atoms with van der Waals surface area (Å²) in [5.41, 5.74) is 1.11. The minimum absolute atomic E-state index is 0.240. The van der Waals surface area contributed by atoms with Crippen molar-refractivity contribution in [1.82, 2.24) is 35.0 Å². The number of aromatic nitrogens is 6. The van der Waals surface area contributed by atoms with E-state index in [9.17, 15) is 9.90 Å². The number of nitrogens with one attached hydrogen (secondary N) is 3. The van der Waals surface area contributed by atoms with Crippen LogP contribution in [0.4, 0.5) is 28.8 Å². The molecule has 200 valence electrons. The average molecular weight is 538 g/mol. The number of carbonyl (C=O) groups is 1. The topological polar surface area (TPSA) is 151 Å². The Morgan fingerprint density at radius 2 is 1.92 bits per heavy atom. The fourth-order valence-corrected chi connectivity index (χ4v) is 6.45. The predicted octanol–water partition coefficient (Wildman–Crippen LogP) is 1.45. The fourth-order valence-electron chi connectivity index (χ4n) is 5.78. The molecule has 4 fully saturated rings. The van der Waals surface area contributed by atoms with Gasteiger partial charge in [-0.3, -0.25) is 14.8 Å². The van der Waals surface area contributed by atoms with Crippen LogP contribution < -0.4 is 20.4 Å². The lowest BCUT2D eigenvalue weighted by Gasteiger charge is -2.32. The highest BCUT2D eigenvalue weighted by molar-refractivity contribution is 7.15. The normalized spacial score (nSPS) is 26.9. The van der Waals surface area contributed by atoms with Crippen molar-refractivity contribution in [2.75, 3.05) is 47.1 Å². The Kier molecular flexibility index (Phi) is 5.70. The highest BCUT2D eigenvalue weighted by atomic mass is 32.1. The molecule has 7 rings (SSSR count). The van der Waals surface area contributed by atoms with Crippen molar-refractivity contribution >= 4 is 46.0 Å². The van der Waals surface area contributed by atoms with Crippen LogP contribution in [0.2, 0.25) is 0 Å². The number of carbonyl (C=O) groups excluding carboxylic acids is 1. The maximum absolute atomic E-state index is 13.3. The van der Waals surface area contributed by atoms with Gasteiger partial charge >= 0.3 is 0 Å². The molecule has 0 aromatic carbocycles. The van der Waals surface area contributed by atoms with Gasteiger partial charge in [-0.1, -0.05) is 0 Å². The van der Waals surface area contributed by atoms with Crippen molar-refractivity contribution in [3.63, 3.8) is 0 Å². The van der Waals surface area contributed by atoms with Crippen LogP contribution in [0.3, 0.4) is 0 Å². The molecule has 3 aliphatic heterocycles. The number of piperazine rings is 1. The van der Waals surface area contributed by atoms with Crippen molar-refractivity contribution in [3.8, 4) is 0 Å². The zero-order valence-electron chi connectivity index (χ0n) is 21.3. The molecule has 3 aromatic heterocycles. The number of amides is 1. The number of aliphatic hydroxyl groups is 1. The van der Waals surface area contributed by atoms with Crippen LogP contribution in [0.25, 0.3) is 0 Å². The number of likely N-dealkylation sites (tertiary alicyclic amines) is 1. The van der Waals surface area contributed by atoms with Gasteiger partial charge in [0.2, 0.25) is 23.8 Å². The van der Waals surface area contributed by atoms with Crippen LogP contribution in [-0.4, -0.2) is 97.0 Å². The number of aromatic amines is 1. The van der Waals surface area contributed by atoms with Crippen LogP contribution >= 0.6 is 11.3 Å². The van der Waals surface area contributed by atoms with Gasteiger partial charge in [0, 0.05) is 66.9 Å². The number of likely N-dealkylation sites (N-methyl/N-ethyl adjacent to an activating group) is 1. The molecule has 2 unspecified atom stereocenters. The van der Waals surface area contributed by atoms with Crippen molar-refractivity contribution in [1.29, 1.82) is 0 Å². The summed E-state index contributed by atoms with van der Waals surface area (Å²) in [6, 6.07) is 2.17. The molecule has 4 atom stereocenters. The first-order valence-electron chi connectivity index (χ1n) is 13.1. The van der Waals surface area contributed by atoms with Crippen LogP contribution in [-0.2, 0) is 4.79 Å². The number of β-amino-alcohol motifs (C(OH)–C–C–N with tert-alkyl or cyclic N) is 1. The number of rotatable bonds is 7. The summed E-state index contributed by atoms with van der Waals surface area (Å²) in [6.45, 7) is 3.99. The number of H-pyrrole nitrogens is 1. The lowest BCUT2D eigenvalue weighted by molar-refractivity contribution is -0.117. The minimum atomic E-state index is -0.677. The van der Waals surface area contributed by atoms with E-state index in [0.29, 0.717) is 46.8 Å². The Balaban J connectivity index is 1.20. The predicted molar refractivity (Wildman–Crippen MR) is 143 cm³/mol. The van der Waals surface area contributed by atoms with E-state index in [-0.39, 0.29) is 18.9 Å². The number of fused-ring (bicyclic) bond motifs is 2. The van der Waals surface area contributed by atoms with Crippen molar-refractivity contribution in [2.24, 2.45) is 0 Å². The van der Waals surface area contributed by atoms with Gasteiger partial charge in [-0.15, -0.1) is 11.3 Å². The molecule has 4 aliphatic rings. The Bertz CT molecular complexity index is 1350. The average Bonchev–Trinajstić information content (AvgIpc) is 3.30. The third kappa shape index (κ3) is 4.46. The fraction of sp³-hybridized carbons (Fsp3) is 0.583. The second kappa shape index (κ2) is 9.13. The molecule has 1 aliphatic carbocycles. The van der Waals surface area contributed by atoms with Crippen LogP contribution in [0.5, 0.6) is 0 Å². The van der Waals surface area contributed by atoms with Gasteiger partial charge in [0.25, 0.3) is 0 Å². The summed E-state index contributed by atoms with van der Waals surface area (Å²) < 4.78 is 0. The molecule has 4 N–H and O–H groups in total. The lowest BCUT2D eigenvalue weighted by Crippen LogP contribution is -2.46. The molecule has 0 radical (unpaired) electrons. The largest absolute Gasteiger partial charge is 0.391 e. The molecule has 3 saturated heterocycles. The minimum Gasteiger partial charge on any atom is -0.391 e. The molecule has 6 heterocycles. The number of hydrogen-bond donors (Lipinski definition) is 4. The maximum atomic E-state index is 13.3. The molecule has 1 amide bonds. The van der Waals surface area contributed by atoms with E-state index < -0.39 is 12.1 Å². The lowest BCUT2D eigenvalue weighted by atomic mass is 10.2. The van der Waals surface area contributed by atoms with E-state index in [1.165, 1.54) is 24.2 Å².